The van der Waals surface area contributed by atoms with Crippen molar-refractivity contribution in [2.45, 2.75) is 4.90 Å². The Morgan fingerprint density at radius 3 is 2.44 bits per heavy atom. The maximum Gasteiger partial charge on any atom is 0.238 e. The number of hydrogen-bond donors (Lipinski definition) is 1. The molecule has 0 radical (unpaired) electrons. The van der Waals surface area contributed by atoms with Crippen molar-refractivity contribution in [1.29, 1.82) is 0 Å². The Balaban J connectivity index is 2.10. The second-order valence-electron chi connectivity index (χ2n) is 5.14. The van der Waals surface area contributed by atoms with E-state index in [4.69, 9.17) is 21.5 Å². The topological polar surface area (TPSA) is 87.2 Å². The maximum atomic E-state index is 14.0. The average molecular weight is 381 g/mol. The van der Waals surface area contributed by atoms with Crippen LogP contribution >= 0.6 is 11.6 Å². The van der Waals surface area contributed by atoms with Crippen molar-refractivity contribution in [3.8, 4) is 22.7 Å². The molecule has 0 aliphatic heterocycles. The Morgan fingerprint density at radius 2 is 1.88 bits per heavy atom. The summed E-state index contributed by atoms with van der Waals surface area (Å²) in [7, 11) is -2.41. The van der Waals surface area contributed by atoms with Crippen molar-refractivity contribution in [3.05, 3.63) is 59.8 Å². The lowest BCUT2D eigenvalue weighted by atomic mass is 10.1. The summed E-state index contributed by atoms with van der Waals surface area (Å²) in [6, 6.07) is 10.3. The van der Waals surface area contributed by atoms with E-state index in [1.165, 1.54) is 37.7 Å². The lowest BCUT2D eigenvalue weighted by molar-refractivity contribution is 0.386. The smallest absolute Gasteiger partial charge is 0.238 e. The molecule has 0 fully saturated rings. The summed E-state index contributed by atoms with van der Waals surface area (Å²) in [4.78, 5) is 4.03. The van der Waals surface area contributed by atoms with Crippen LogP contribution < -0.4 is 9.88 Å². The highest BCUT2D eigenvalue weighted by molar-refractivity contribution is 7.89. The van der Waals surface area contributed by atoms with Gasteiger partial charge in [0, 0.05) is 11.3 Å². The first-order valence-corrected chi connectivity index (χ1v) is 8.93. The van der Waals surface area contributed by atoms with Gasteiger partial charge in [0.25, 0.3) is 0 Å². The van der Waals surface area contributed by atoms with E-state index >= 15 is 0 Å². The van der Waals surface area contributed by atoms with Crippen molar-refractivity contribution in [1.82, 2.24) is 9.55 Å². The van der Waals surface area contributed by atoms with Gasteiger partial charge < -0.3 is 4.74 Å². The molecule has 0 unspecified atom stereocenters. The van der Waals surface area contributed by atoms with Gasteiger partial charge in [0.05, 0.1) is 17.7 Å². The van der Waals surface area contributed by atoms with E-state index in [9.17, 15) is 12.8 Å². The third-order valence-corrected chi connectivity index (χ3v) is 4.80. The Kier molecular flexibility index (Phi) is 4.51. The largest absolute Gasteiger partial charge is 0.494 e. The molecule has 9 heteroatoms. The summed E-state index contributed by atoms with van der Waals surface area (Å²) in [5.41, 5.74) is 1.56. The van der Waals surface area contributed by atoms with Crippen molar-refractivity contribution in [3.63, 3.8) is 0 Å². The number of nitrogens with two attached hydrogens (primary N) is 1. The minimum Gasteiger partial charge on any atom is -0.494 e. The molecule has 130 valence electrons. The molecule has 0 atom stereocenters. The standard InChI is InChI=1S/C16H13ClFN3O3S/c1-24-14-7-2-10(8-13(14)18)15-16(17)20-9-21(15)11-3-5-12(6-4-11)25(19,22)23/h2-9H,1H3,(H2,19,22,23)/i1-1. The third kappa shape index (κ3) is 3.37. The van der Waals surface area contributed by atoms with Gasteiger partial charge in [-0.25, -0.2) is 22.9 Å². The summed E-state index contributed by atoms with van der Waals surface area (Å²) in [5, 5.41) is 5.27. The Morgan fingerprint density at radius 1 is 1.20 bits per heavy atom. The molecule has 3 aromatic rings. The normalized spacial score (nSPS) is 11.5. The summed E-state index contributed by atoms with van der Waals surface area (Å²) < 4.78 is 43.3. The molecule has 3 rings (SSSR count). The van der Waals surface area contributed by atoms with Crippen LogP contribution in [0.1, 0.15) is 0 Å². The van der Waals surface area contributed by atoms with Crippen molar-refractivity contribution in [2.24, 2.45) is 5.14 Å². The fourth-order valence-electron chi connectivity index (χ4n) is 2.39. The maximum absolute atomic E-state index is 14.0. The molecular formula is C16H13ClFN3O3S. The average Bonchev–Trinajstić information content (AvgIpc) is 2.95. The van der Waals surface area contributed by atoms with E-state index in [0.29, 0.717) is 16.9 Å². The van der Waals surface area contributed by atoms with Gasteiger partial charge in [-0.3, -0.25) is 4.57 Å². The third-order valence-electron chi connectivity index (χ3n) is 3.59. The van der Waals surface area contributed by atoms with E-state index < -0.39 is 15.8 Å². The number of primary sulfonamides is 1. The zero-order chi connectivity index (χ0) is 18.2. The van der Waals surface area contributed by atoms with Gasteiger partial charge in [0.15, 0.2) is 16.7 Å². The lowest BCUT2D eigenvalue weighted by Gasteiger charge is -2.11. The number of nitrogens with zero attached hydrogens (tertiary/aromatic N) is 2. The molecule has 0 saturated carbocycles. The van der Waals surface area contributed by atoms with Crippen LogP contribution in [0.5, 0.6) is 5.75 Å². The molecule has 0 amide bonds. The molecule has 6 nitrogen and oxygen atoms in total. The SMILES string of the molecule is [11CH3]Oc1ccc(-c2c(Cl)ncn2-c2ccc(S(N)(=O)=O)cc2)cc1F. The van der Waals surface area contributed by atoms with E-state index in [0.717, 1.165) is 0 Å². The molecule has 0 saturated heterocycles. The minimum absolute atomic E-state index is 0.0143. The number of ether oxygens (including phenoxy) is 1. The zero-order valence-corrected chi connectivity index (χ0v) is 14.6. The first-order chi connectivity index (χ1) is 11.8. The van der Waals surface area contributed by atoms with Crippen molar-refractivity contribution in [2.75, 3.05) is 7.11 Å². The molecular weight excluding hydrogens is 368 g/mol. The molecule has 0 aliphatic carbocycles. The van der Waals surface area contributed by atoms with Crippen LogP contribution in [0.15, 0.2) is 53.7 Å². The predicted molar refractivity (Wildman–Crippen MR) is 91.9 cm³/mol. The second kappa shape index (κ2) is 6.47. The van der Waals surface area contributed by atoms with E-state index in [2.05, 4.69) is 4.98 Å². The van der Waals surface area contributed by atoms with Gasteiger partial charge in [-0.15, -0.1) is 0 Å². The first kappa shape index (κ1) is 17.4. The Hall–Kier alpha value is -2.42. The van der Waals surface area contributed by atoms with Gasteiger partial charge in [0.2, 0.25) is 10.0 Å². The van der Waals surface area contributed by atoms with Crippen LogP contribution in [0, 0.1) is 5.82 Å². The molecule has 0 spiro atoms. The predicted octanol–water partition coefficient (Wildman–Crippen LogP) is 2.99. The summed E-state index contributed by atoms with van der Waals surface area (Å²) in [6.45, 7) is 0. The fraction of sp³-hybridized carbons (Fsp3) is 0.0625. The van der Waals surface area contributed by atoms with Crippen molar-refractivity contribution >= 4 is 21.6 Å². The number of hydrogen-bond acceptors (Lipinski definition) is 4. The number of methoxy groups -OCH3 is 1. The number of imidazole rings is 1. The highest BCUT2D eigenvalue weighted by atomic mass is 35.5. The molecule has 1 aromatic heterocycles. The highest BCUT2D eigenvalue weighted by Gasteiger charge is 2.16. The minimum atomic E-state index is -3.79. The monoisotopic (exact) mass is 380 g/mol. The van der Waals surface area contributed by atoms with Gasteiger partial charge >= 0.3 is 0 Å². The fourth-order valence-corrected chi connectivity index (χ4v) is 3.15. The first-order valence-electron chi connectivity index (χ1n) is 7.01. The summed E-state index contributed by atoms with van der Waals surface area (Å²) in [6.07, 6.45) is 1.46. The van der Waals surface area contributed by atoms with Crippen LogP contribution in [0.2, 0.25) is 5.15 Å². The van der Waals surface area contributed by atoms with Crippen LogP contribution in [-0.2, 0) is 10.0 Å². The highest BCUT2D eigenvalue weighted by Crippen LogP contribution is 2.32. The number of aromatic nitrogens is 2. The van der Waals surface area contributed by atoms with Crippen LogP contribution in [0.25, 0.3) is 16.9 Å². The van der Waals surface area contributed by atoms with E-state index in [1.807, 2.05) is 0 Å². The molecule has 2 N–H and O–H groups in total. The summed E-state index contributed by atoms with van der Waals surface area (Å²) >= 11 is 6.16. The molecule has 0 aliphatic rings. The van der Waals surface area contributed by atoms with E-state index in [-0.39, 0.29) is 15.8 Å². The number of halogens is 2. The van der Waals surface area contributed by atoms with Gasteiger partial charge in [-0.1, -0.05) is 11.6 Å². The van der Waals surface area contributed by atoms with E-state index in [1.54, 1.807) is 22.8 Å². The molecule has 1 heterocycles. The van der Waals surface area contributed by atoms with Crippen molar-refractivity contribution < 1.29 is 17.5 Å². The van der Waals surface area contributed by atoms with Crippen LogP contribution in [0.4, 0.5) is 4.39 Å². The van der Waals surface area contributed by atoms with Gasteiger partial charge in [0.1, 0.15) is 6.33 Å². The molecule has 2 aromatic carbocycles. The van der Waals surface area contributed by atoms with Gasteiger partial charge in [-0.05, 0) is 42.5 Å². The molecule has 25 heavy (non-hydrogen) atoms. The number of benzene rings is 2. The second-order valence-corrected chi connectivity index (χ2v) is 7.06. The zero-order valence-electron chi connectivity index (χ0n) is 13.0. The molecule has 0 bridgehead atoms. The summed E-state index contributed by atoms with van der Waals surface area (Å²) in [5.74, 6) is -0.420. The van der Waals surface area contributed by atoms with Gasteiger partial charge in [-0.2, -0.15) is 0 Å². The number of sulfonamides is 1. The Labute approximate surface area is 148 Å². The van der Waals surface area contributed by atoms with Crippen LogP contribution in [0.3, 0.4) is 0 Å². The number of rotatable bonds is 4. The quantitative estimate of drug-likeness (QED) is 0.753. The van der Waals surface area contributed by atoms with Crippen LogP contribution in [-0.4, -0.2) is 25.1 Å². The lowest BCUT2D eigenvalue weighted by Crippen LogP contribution is -2.12. The Bertz CT molecular complexity index is 1030.